The van der Waals surface area contributed by atoms with Gasteiger partial charge in [0.25, 0.3) is 5.91 Å². The monoisotopic (exact) mass is 366 g/mol. The van der Waals surface area contributed by atoms with E-state index in [4.69, 9.17) is 4.74 Å². The lowest BCUT2D eigenvalue weighted by Gasteiger charge is -2.34. The molecule has 2 aliphatic heterocycles. The van der Waals surface area contributed by atoms with Crippen LogP contribution in [0.4, 0.5) is 5.69 Å². The third kappa shape index (κ3) is 4.04. The highest BCUT2D eigenvalue weighted by Crippen LogP contribution is 2.27. The van der Waals surface area contributed by atoms with Crippen molar-refractivity contribution >= 4 is 21.6 Å². The van der Waals surface area contributed by atoms with Gasteiger partial charge in [0.05, 0.1) is 4.90 Å². The van der Waals surface area contributed by atoms with Gasteiger partial charge in [-0.25, -0.2) is 8.42 Å². The number of ether oxygens (including phenoxy) is 1. The minimum atomic E-state index is -3.49. The van der Waals surface area contributed by atoms with E-state index >= 15 is 0 Å². The first kappa shape index (κ1) is 18.4. The first-order valence-electron chi connectivity index (χ1n) is 9.06. The molecule has 0 aliphatic carbocycles. The van der Waals surface area contributed by atoms with E-state index in [-0.39, 0.29) is 16.8 Å². The standard InChI is InChI=1S/C18H26N2O4S/c1-2-15-6-3-4-12-20(15)25(22,23)16-10-8-14(9-11-16)19-18(21)17-7-5-13-24-17/h8-11,15,17H,2-7,12-13H2,1H3,(H,19,21)/t15-,17+/m0/s1. The molecule has 0 bridgehead atoms. The van der Waals surface area contributed by atoms with Crippen LogP contribution >= 0.6 is 0 Å². The van der Waals surface area contributed by atoms with Crippen LogP contribution in [-0.2, 0) is 19.6 Å². The van der Waals surface area contributed by atoms with E-state index in [0.717, 1.165) is 38.5 Å². The highest BCUT2D eigenvalue weighted by Gasteiger charge is 2.32. The number of amides is 1. The third-order valence-electron chi connectivity index (χ3n) is 4.99. The molecule has 2 atom stereocenters. The Labute approximate surface area is 149 Å². The Morgan fingerprint density at radius 3 is 2.60 bits per heavy atom. The largest absolute Gasteiger partial charge is 0.368 e. The van der Waals surface area contributed by atoms with Gasteiger partial charge in [-0.1, -0.05) is 13.3 Å². The fourth-order valence-electron chi connectivity index (χ4n) is 3.55. The minimum absolute atomic E-state index is 0.0812. The van der Waals surface area contributed by atoms with Crippen LogP contribution in [0.5, 0.6) is 0 Å². The summed E-state index contributed by atoms with van der Waals surface area (Å²) >= 11 is 0. The van der Waals surface area contributed by atoms with Crippen molar-refractivity contribution in [3.8, 4) is 0 Å². The molecule has 2 heterocycles. The smallest absolute Gasteiger partial charge is 0.253 e. The van der Waals surface area contributed by atoms with Gasteiger partial charge in [0, 0.05) is 24.9 Å². The van der Waals surface area contributed by atoms with Gasteiger partial charge in [0.2, 0.25) is 10.0 Å². The summed E-state index contributed by atoms with van der Waals surface area (Å²) in [6.07, 6.45) is 4.96. The maximum absolute atomic E-state index is 12.9. The van der Waals surface area contributed by atoms with Crippen LogP contribution in [0.3, 0.4) is 0 Å². The number of sulfonamides is 1. The van der Waals surface area contributed by atoms with Crippen molar-refractivity contribution in [2.45, 2.75) is 62.5 Å². The Morgan fingerprint density at radius 2 is 1.96 bits per heavy atom. The van der Waals surface area contributed by atoms with E-state index in [1.807, 2.05) is 6.92 Å². The zero-order chi connectivity index (χ0) is 17.9. The zero-order valence-electron chi connectivity index (χ0n) is 14.6. The average Bonchev–Trinajstić information content (AvgIpc) is 3.17. The molecule has 2 fully saturated rings. The summed E-state index contributed by atoms with van der Waals surface area (Å²) in [5.41, 5.74) is 0.588. The molecule has 0 aromatic heterocycles. The van der Waals surface area contributed by atoms with E-state index in [1.54, 1.807) is 28.6 Å². The van der Waals surface area contributed by atoms with Gasteiger partial charge in [-0.2, -0.15) is 4.31 Å². The van der Waals surface area contributed by atoms with Crippen molar-refractivity contribution in [2.75, 3.05) is 18.5 Å². The van der Waals surface area contributed by atoms with Gasteiger partial charge in [0.1, 0.15) is 6.10 Å². The SMILES string of the molecule is CC[C@H]1CCCCN1S(=O)(=O)c1ccc(NC(=O)[C@H]2CCCO2)cc1. The maximum atomic E-state index is 12.9. The average molecular weight is 366 g/mol. The molecule has 0 unspecified atom stereocenters. The molecule has 25 heavy (non-hydrogen) atoms. The molecule has 2 aliphatic rings. The molecule has 1 aromatic rings. The van der Waals surface area contributed by atoms with Crippen LogP contribution in [-0.4, -0.2) is 43.9 Å². The third-order valence-corrected chi connectivity index (χ3v) is 6.96. The molecule has 138 valence electrons. The number of rotatable bonds is 5. The highest BCUT2D eigenvalue weighted by atomic mass is 32.2. The van der Waals surface area contributed by atoms with Crippen molar-refractivity contribution in [1.29, 1.82) is 0 Å². The van der Waals surface area contributed by atoms with E-state index in [1.165, 1.54) is 0 Å². The molecule has 7 heteroatoms. The molecular weight excluding hydrogens is 340 g/mol. The van der Waals surface area contributed by atoms with Crippen LogP contribution in [0.15, 0.2) is 29.2 Å². The van der Waals surface area contributed by atoms with Crippen LogP contribution in [0.2, 0.25) is 0 Å². The summed E-state index contributed by atoms with van der Waals surface area (Å²) in [4.78, 5) is 12.3. The summed E-state index contributed by atoms with van der Waals surface area (Å²) < 4.78 is 32.8. The summed E-state index contributed by atoms with van der Waals surface area (Å²) in [5.74, 6) is -0.171. The molecule has 0 spiro atoms. The fraction of sp³-hybridized carbons (Fsp3) is 0.611. The Kier molecular flexibility index (Phi) is 5.76. The Hall–Kier alpha value is -1.44. The predicted octanol–water partition coefficient (Wildman–Crippen LogP) is 2.76. The molecular formula is C18H26N2O4S. The van der Waals surface area contributed by atoms with Crippen molar-refractivity contribution in [3.63, 3.8) is 0 Å². The lowest BCUT2D eigenvalue weighted by molar-refractivity contribution is -0.124. The van der Waals surface area contributed by atoms with E-state index in [2.05, 4.69) is 5.32 Å². The Morgan fingerprint density at radius 1 is 1.20 bits per heavy atom. The molecule has 3 rings (SSSR count). The van der Waals surface area contributed by atoms with E-state index in [9.17, 15) is 13.2 Å². The maximum Gasteiger partial charge on any atom is 0.253 e. The van der Waals surface area contributed by atoms with E-state index < -0.39 is 16.1 Å². The number of hydrogen-bond donors (Lipinski definition) is 1. The molecule has 0 saturated carbocycles. The van der Waals surface area contributed by atoms with Crippen LogP contribution in [0.25, 0.3) is 0 Å². The first-order chi connectivity index (χ1) is 12.0. The summed E-state index contributed by atoms with van der Waals surface area (Å²) in [6, 6.07) is 6.51. The minimum Gasteiger partial charge on any atom is -0.368 e. The number of hydrogen-bond acceptors (Lipinski definition) is 4. The second-order valence-electron chi connectivity index (χ2n) is 6.69. The Bertz CT molecular complexity index is 696. The van der Waals surface area contributed by atoms with Crippen LogP contribution < -0.4 is 5.32 Å². The zero-order valence-corrected chi connectivity index (χ0v) is 15.4. The van der Waals surface area contributed by atoms with Crippen molar-refractivity contribution in [2.24, 2.45) is 0 Å². The molecule has 1 N–H and O–H groups in total. The summed E-state index contributed by atoms with van der Waals surface area (Å²) in [5, 5.41) is 2.79. The summed E-state index contributed by atoms with van der Waals surface area (Å²) in [7, 11) is -3.49. The number of piperidine rings is 1. The number of nitrogens with one attached hydrogen (secondary N) is 1. The van der Waals surface area contributed by atoms with Crippen LogP contribution in [0, 0.1) is 0 Å². The number of carbonyl (C=O) groups is 1. The lowest BCUT2D eigenvalue weighted by atomic mass is 10.0. The highest BCUT2D eigenvalue weighted by molar-refractivity contribution is 7.89. The molecule has 0 radical (unpaired) electrons. The van der Waals surface area contributed by atoms with E-state index in [0.29, 0.717) is 18.8 Å². The van der Waals surface area contributed by atoms with Gasteiger partial charge < -0.3 is 10.1 Å². The number of nitrogens with zero attached hydrogens (tertiary/aromatic N) is 1. The normalized spacial score (nSPS) is 25.0. The van der Waals surface area contributed by atoms with Crippen LogP contribution in [0.1, 0.15) is 45.4 Å². The van der Waals surface area contributed by atoms with Gasteiger partial charge >= 0.3 is 0 Å². The first-order valence-corrected chi connectivity index (χ1v) is 10.5. The lowest BCUT2D eigenvalue weighted by Crippen LogP contribution is -2.43. The van der Waals surface area contributed by atoms with Gasteiger partial charge in [0.15, 0.2) is 0 Å². The van der Waals surface area contributed by atoms with Gasteiger partial charge in [-0.05, 0) is 56.4 Å². The fourth-order valence-corrected chi connectivity index (χ4v) is 5.32. The topological polar surface area (TPSA) is 75.7 Å². The number of anilines is 1. The van der Waals surface area contributed by atoms with Gasteiger partial charge in [-0.15, -0.1) is 0 Å². The second kappa shape index (κ2) is 7.85. The molecule has 1 amide bonds. The van der Waals surface area contributed by atoms with Gasteiger partial charge in [-0.3, -0.25) is 4.79 Å². The molecule has 1 aromatic carbocycles. The number of benzene rings is 1. The van der Waals surface area contributed by atoms with Crippen molar-refractivity contribution in [1.82, 2.24) is 4.31 Å². The molecule has 2 saturated heterocycles. The number of carbonyl (C=O) groups excluding carboxylic acids is 1. The van der Waals surface area contributed by atoms with Crippen molar-refractivity contribution in [3.05, 3.63) is 24.3 Å². The second-order valence-corrected chi connectivity index (χ2v) is 8.58. The predicted molar refractivity (Wildman–Crippen MR) is 95.9 cm³/mol. The summed E-state index contributed by atoms with van der Waals surface area (Å²) in [6.45, 7) is 3.23. The van der Waals surface area contributed by atoms with Crippen molar-refractivity contribution < 1.29 is 17.9 Å². The Balaban J connectivity index is 1.71. The quantitative estimate of drug-likeness (QED) is 0.869. The molecule has 6 nitrogen and oxygen atoms in total.